The van der Waals surface area contributed by atoms with Gasteiger partial charge in [-0.25, -0.2) is 4.79 Å². The smallest absolute Gasteiger partial charge is 0.364 e. The van der Waals surface area contributed by atoms with Gasteiger partial charge in [-0.3, -0.25) is 4.79 Å². The number of carbonyl (C=O) groups is 2. The van der Waals surface area contributed by atoms with Crippen LogP contribution in [-0.4, -0.2) is 16.9 Å². The second kappa shape index (κ2) is 6.81. The van der Waals surface area contributed by atoms with Gasteiger partial charge in [0.05, 0.1) is 0 Å². The molecule has 4 aliphatic rings. The van der Waals surface area contributed by atoms with Crippen molar-refractivity contribution in [1.82, 2.24) is 0 Å². The zero-order valence-corrected chi connectivity index (χ0v) is 17.4. The van der Waals surface area contributed by atoms with Crippen LogP contribution < -0.4 is 0 Å². The van der Waals surface area contributed by atoms with Crippen molar-refractivity contribution in [1.29, 1.82) is 0 Å². The van der Waals surface area contributed by atoms with E-state index < -0.39 is 11.8 Å². The number of carboxylic acids is 1. The SMILES string of the molecule is CCC[C@H]1CC2=CC(=O)CC[C@]2(C)[C@H]2CC[C@]3(C)C(=C(F)C(=O)O)CC[C@H]3[C@H]12. The molecule has 0 aromatic rings. The Morgan fingerprint density at radius 1 is 1.18 bits per heavy atom. The molecule has 4 rings (SSSR count). The molecule has 4 heteroatoms. The van der Waals surface area contributed by atoms with Crippen molar-refractivity contribution < 1.29 is 19.1 Å². The third-order valence-electron chi connectivity index (χ3n) is 9.03. The predicted octanol–water partition coefficient (Wildman–Crippen LogP) is 5.85. The van der Waals surface area contributed by atoms with Crippen LogP contribution in [0.4, 0.5) is 4.39 Å². The number of rotatable bonds is 3. The minimum Gasteiger partial charge on any atom is -0.476 e. The van der Waals surface area contributed by atoms with Gasteiger partial charge in [0.2, 0.25) is 5.83 Å². The first-order valence-electron chi connectivity index (χ1n) is 11.1. The Hall–Kier alpha value is -1.45. The highest BCUT2D eigenvalue weighted by Crippen LogP contribution is 2.68. The van der Waals surface area contributed by atoms with Gasteiger partial charge in [0.1, 0.15) is 0 Å². The number of hydrogen-bond donors (Lipinski definition) is 1. The van der Waals surface area contributed by atoms with E-state index in [0.717, 1.165) is 44.9 Å². The first kappa shape index (κ1) is 19.8. The normalized spacial score (nSPS) is 44.3. The highest BCUT2D eigenvalue weighted by Gasteiger charge is 2.60. The molecule has 0 saturated heterocycles. The van der Waals surface area contributed by atoms with Gasteiger partial charge in [0, 0.05) is 6.42 Å². The topological polar surface area (TPSA) is 54.4 Å². The molecular formula is C24H33FO3. The lowest BCUT2D eigenvalue weighted by atomic mass is 9.44. The highest BCUT2D eigenvalue weighted by molar-refractivity contribution is 5.91. The second-order valence-corrected chi connectivity index (χ2v) is 10.2. The molecule has 4 aliphatic carbocycles. The fraction of sp³-hybridized carbons (Fsp3) is 0.750. The molecule has 6 atom stereocenters. The van der Waals surface area contributed by atoms with Crippen LogP contribution in [0.5, 0.6) is 0 Å². The quantitative estimate of drug-likeness (QED) is 0.617. The van der Waals surface area contributed by atoms with E-state index in [-0.39, 0.29) is 16.6 Å². The van der Waals surface area contributed by atoms with Crippen molar-refractivity contribution in [2.45, 2.75) is 78.6 Å². The van der Waals surface area contributed by atoms with E-state index in [1.54, 1.807) is 0 Å². The molecule has 0 bridgehead atoms. The van der Waals surface area contributed by atoms with E-state index in [0.29, 0.717) is 42.1 Å². The van der Waals surface area contributed by atoms with Crippen molar-refractivity contribution in [2.24, 2.45) is 34.5 Å². The van der Waals surface area contributed by atoms with Gasteiger partial charge in [-0.05, 0) is 84.7 Å². The fourth-order valence-corrected chi connectivity index (χ4v) is 7.67. The fourth-order valence-electron chi connectivity index (χ4n) is 7.67. The maximum atomic E-state index is 14.5. The van der Waals surface area contributed by atoms with Crippen molar-refractivity contribution in [3.8, 4) is 0 Å². The van der Waals surface area contributed by atoms with Crippen molar-refractivity contribution in [2.75, 3.05) is 0 Å². The summed E-state index contributed by atoms with van der Waals surface area (Å²) < 4.78 is 14.5. The van der Waals surface area contributed by atoms with Crippen molar-refractivity contribution in [3.63, 3.8) is 0 Å². The van der Waals surface area contributed by atoms with E-state index in [1.165, 1.54) is 5.57 Å². The summed E-state index contributed by atoms with van der Waals surface area (Å²) in [5.41, 5.74) is 1.68. The lowest BCUT2D eigenvalue weighted by Crippen LogP contribution is -2.53. The number of hydrogen-bond acceptors (Lipinski definition) is 2. The minimum atomic E-state index is -1.41. The van der Waals surface area contributed by atoms with Crippen LogP contribution in [-0.2, 0) is 9.59 Å². The van der Waals surface area contributed by atoms with Gasteiger partial charge < -0.3 is 5.11 Å². The molecule has 0 heterocycles. The van der Waals surface area contributed by atoms with Crippen molar-refractivity contribution >= 4 is 11.8 Å². The monoisotopic (exact) mass is 388 g/mol. The molecule has 0 aromatic heterocycles. The molecule has 3 fully saturated rings. The van der Waals surface area contributed by atoms with Gasteiger partial charge in [0.25, 0.3) is 0 Å². The maximum absolute atomic E-state index is 14.5. The average Bonchev–Trinajstić information content (AvgIpc) is 2.99. The Kier molecular flexibility index (Phi) is 4.83. The van der Waals surface area contributed by atoms with Crippen LogP contribution in [0.1, 0.15) is 78.6 Å². The number of carboxylic acid groups (broad SMARTS) is 1. The van der Waals surface area contributed by atoms with Gasteiger partial charge in [-0.1, -0.05) is 39.2 Å². The number of allylic oxidation sites excluding steroid dienone is 2. The molecule has 3 nitrogen and oxygen atoms in total. The Bertz CT molecular complexity index is 766. The molecule has 0 radical (unpaired) electrons. The van der Waals surface area contributed by atoms with E-state index in [4.69, 9.17) is 0 Å². The number of fused-ring (bicyclic) bond motifs is 5. The molecule has 0 aromatic carbocycles. The summed E-state index contributed by atoms with van der Waals surface area (Å²) in [5, 5.41) is 9.26. The lowest BCUT2D eigenvalue weighted by molar-refractivity contribution is -0.134. The number of aliphatic carboxylic acids is 1. The molecule has 1 N–H and O–H groups in total. The zero-order valence-electron chi connectivity index (χ0n) is 17.4. The summed E-state index contributed by atoms with van der Waals surface area (Å²) in [7, 11) is 0. The van der Waals surface area contributed by atoms with E-state index >= 15 is 0 Å². The summed E-state index contributed by atoms with van der Waals surface area (Å²) >= 11 is 0. The lowest BCUT2D eigenvalue weighted by Gasteiger charge is -2.60. The summed E-state index contributed by atoms with van der Waals surface area (Å²) in [4.78, 5) is 23.5. The van der Waals surface area contributed by atoms with Crippen molar-refractivity contribution in [3.05, 3.63) is 23.0 Å². The molecule has 3 saturated carbocycles. The molecule has 0 amide bonds. The van der Waals surface area contributed by atoms with Gasteiger partial charge >= 0.3 is 5.97 Å². The molecule has 28 heavy (non-hydrogen) atoms. The van der Waals surface area contributed by atoms with E-state index in [9.17, 15) is 19.1 Å². The number of halogens is 1. The number of ketones is 1. The summed E-state index contributed by atoms with van der Waals surface area (Å²) in [5.74, 6) is -0.111. The van der Waals surface area contributed by atoms with Gasteiger partial charge in [-0.2, -0.15) is 4.39 Å². The highest BCUT2D eigenvalue weighted by atomic mass is 19.1. The summed E-state index contributed by atoms with van der Waals surface area (Å²) in [6.45, 7) is 6.70. The average molecular weight is 389 g/mol. The summed E-state index contributed by atoms with van der Waals surface area (Å²) in [6.07, 6.45) is 10.1. The Morgan fingerprint density at radius 2 is 1.89 bits per heavy atom. The van der Waals surface area contributed by atoms with E-state index in [1.807, 2.05) is 6.08 Å². The Labute approximate surface area is 167 Å². The summed E-state index contributed by atoms with van der Waals surface area (Å²) in [6, 6.07) is 0. The first-order chi connectivity index (χ1) is 13.2. The minimum absolute atomic E-state index is 0.0853. The molecule has 154 valence electrons. The van der Waals surface area contributed by atoms with Gasteiger partial charge in [0.15, 0.2) is 5.78 Å². The third kappa shape index (κ3) is 2.74. The zero-order chi connectivity index (χ0) is 20.3. The Balaban J connectivity index is 1.76. The third-order valence-corrected chi connectivity index (χ3v) is 9.03. The van der Waals surface area contributed by atoms with Crippen LogP contribution in [0.15, 0.2) is 23.0 Å². The molecule has 0 spiro atoms. The molecule has 0 aliphatic heterocycles. The van der Waals surface area contributed by atoms with E-state index in [2.05, 4.69) is 20.8 Å². The number of carbonyl (C=O) groups excluding carboxylic acids is 1. The molecular weight excluding hydrogens is 355 g/mol. The van der Waals surface area contributed by atoms with Gasteiger partial charge in [-0.15, -0.1) is 0 Å². The predicted molar refractivity (Wildman–Crippen MR) is 106 cm³/mol. The van der Waals surface area contributed by atoms with Crippen LogP contribution in [0.2, 0.25) is 0 Å². The molecule has 0 unspecified atom stereocenters. The van der Waals surface area contributed by atoms with Crippen LogP contribution in [0, 0.1) is 34.5 Å². The standard InChI is InChI=1S/C24H33FO3/c1-4-5-14-12-15-13-16(26)8-10-23(15,2)18-9-11-24(3)17(20(14)18)6-7-19(24)21(25)22(27)28/h13-14,17-18,20H,4-12H2,1-3H3,(H,27,28)/t14-,17-,18-,20-,23-,24-/m0/s1. The second-order valence-electron chi connectivity index (χ2n) is 10.2. The largest absolute Gasteiger partial charge is 0.476 e. The maximum Gasteiger partial charge on any atom is 0.364 e. The van der Waals surface area contributed by atoms with Crippen LogP contribution >= 0.6 is 0 Å². The van der Waals surface area contributed by atoms with Crippen LogP contribution in [0.3, 0.4) is 0 Å². The first-order valence-corrected chi connectivity index (χ1v) is 11.1. The van der Waals surface area contributed by atoms with Crippen LogP contribution in [0.25, 0.3) is 0 Å². The Morgan fingerprint density at radius 3 is 2.57 bits per heavy atom.